The second kappa shape index (κ2) is 9.09. The minimum absolute atomic E-state index is 0.0269. The lowest BCUT2D eigenvalue weighted by molar-refractivity contribution is -0.118. The number of primary sulfonamides is 1. The molecule has 0 saturated heterocycles. The van der Waals surface area contributed by atoms with Crippen molar-refractivity contribution in [3.63, 3.8) is 0 Å². The maximum absolute atomic E-state index is 13.0. The van der Waals surface area contributed by atoms with Gasteiger partial charge in [0.05, 0.1) is 4.90 Å². The van der Waals surface area contributed by atoms with Crippen LogP contribution in [0.1, 0.15) is 18.4 Å². The van der Waals surface area contributed by atoms with Crippen LogP contribution in [0.2, 0.25) is 5.02 Å². The Morgan fingerprint density at radius 2 is 1.65 bits per heavy atom. The number of halogens is 1. The van der Waals surface area contributed by atoms with Crippen molar-refractivity contribution in [2.45, 2.75) is 30.2 Å². The average Bonchev–Trinajstić information content (AvgIpc) is 3.56. The van der Waals surface area contributed by atoms with E-state index in [1.54, 1.807) is 67.6 Å². The van der Waals surface area contributed by atoms with E-state index in [1.165, 1.54) is 6.07 Å². The average molecular weight is 499 g/mol. The molecule has 0 spiro atoms. The van der Waals surface area contributed by atoms with Gasteiger partial charge in [0.15, 0.2) is 0 Å². The van der Waals surface area contributed by atoms with Gasteiger partial charge in [-0.05, 0) is 73.4 Å². The van der Waals surface area contributed by atoms with Crippen LogP contribution in [0, 0.1) is 6.92 Å². The van der Waals surface area contributed by atoms with Gasteiger partial charge in [-0.3, -0.25) is 4.79 Å². The number of nitrogens with one attached hydrogen (secondary N) is 3. The van der Waals surface area contributed by atoms with E-state index in [-0.39, 0.29) is 10.8 Å². The normalized spacial score (nSPS) is 14.2. The first-order chi connectivity index (χ1) is 16.1. The van der Waals surface area contributed by atoms with E-state index in [2.05, 4.69) is 16.0 Å². The number of sulfonamides is 1. The number of aryl methyl sites for hydroxylation is 1. The minimum Gasteiger partial charge on any atom is -0.324 e. The van der Waals surface area contributed by atoms with Gasteiger partial charge in [0, 0.05) is 22.0 Å². The van der Waals surface area contributed by atoms with Gasteiger partial charge < -0.3 is 16.0 Å². The zero-order valence-corrected chi connectivity index (χ0v) is 19.8. The Morgan fingerprint density at radius 1 is 0.971 bits per heavy atom. The Kier molecular flexibility index (Phi) is 6.35. The predicted octanol–water partition coefficient (Wildman–Crippen LogP) is 4.26. The van der Waals surface area contributed by atoms with Crippen LogP contribution in [0.15, 0.2) is 71.6 Å². The molecule has 4 rings (SSSR count). The van der Waals surface area contributed by atoms with Crippen molar-refractivity contribution in [3.05, 3.63) is 77.3 Å². The number of rotatable bonds is 6. The molecule has 10 heteroatoms. The van der Waals surface area contributed by atoms with Crippen LogP contribution >= 0.6 is 11.6 Å². The molecule has 0 heterocycles. The summed E-state index contributed by atoms with van der Waals surface area (Å²) >= 11 is 5.85. The fraction of sp³-hybridized carbons (Fsp3) is 0.167. The van der Waals surface area contributed by atoms with Crippen LogP contribution in [-0.2, 0) is 14.8 Å². The van der Waals surface area contributed by atoms with Crippen LogP contribution in [-0.4, -0.2) is 25.9 Å². The van der Waals surface area contributed by atoms with Gasteiger partial charge in [0.2, 0.25) is 15.9 Å². The highest BCUT2D eigenvalue weighted by atomic mass is 35.5. The van der Waals surface area contributed by atoms with E-state index in [4.69, 9.17) is 16.7 Å². The maximum atomic E-state index is 13.0. The van der Waals surface area contributed by atoms with Gasteiger partial charge >= 0.3 is 6.03 Å². The summed E-state index contributed by atoms with van der Waals surface area (Å²) in [6.07, 6.45) is 1.04. The SMILES string of the molecule is Cc1cc(-c2ccccc2S(N)(=O)=O)ccc1NC(=O)C1(NC(=O)Nc2ccc(Cl)cc2)CC1. The summed E-state index contributed by atoms with van der Waals surface area (Å²) in [5.41, 5.74) is 2.00. The monoisotopic (exact) mass is 498 g/mol. The second-order valence-electron chi connectivity index (χ2n) is 8.19. The molecule has 0 aliphatic heterocycles. The maximum Gasteiger partial charge on any atom is 0.320 e. The predicted molar refractivity (Wildman–Crippen MR) is 132 cm³/mol. The molecule has 0 atom stereocenters. The Hall–Kier alpha value is -3.40. The molecule has 0 radical (unpaired) electrons. The molecule has 1 saturated carbocycles. The molecule has 3 amide bonds. The van der Waals surface area contributed by atoms with Gasteiger partial charge in [-0.2, -0.15) is 0 Å². The lowest BCUT2D eigenvalue weighted by Gasteiger charge is -2.19. The summed E-state index contributed by atoms with van der Waals surface area (Å²) in [5, 5.41) is 14.2. The number of hydrogen-bond donors (Lipinski definition) is 4. The Bertz CT molecular complexity index is 1370. The molecule has 0 unspecified atom stereocenters. The van der Waals surface area contributed by atoms with Gasteiger partial charge in [-0.15, -0.1) is 0 Å². The number of urea groups is 1. The first kappa shape index (κ1) is 23.7. The van der Waals surface area contributed by atoms with Gasteiger partial charge in [0.1, 0.15) is 5.54 Å². The molecular formula is C24H23ClN4O4S. The fourth-order valence-corrected chi connectivity index (χ4v) is 4.50. The topological polar surface area (TPSA) is 130 Å². The fourth-order valence-electron chi connectivity index (χ4n) is 3.61. The highest BCUT2D eigenvalue weighted by Crippen LogP contribution is 2.37. The molecule has 1 fully saturated rings. The highest BCUT2D eigenvalue weighted by Gasteiger charge is 2.51. The molecule has 5 N–H and O–H groups in total. The van der Waals surface area contributed by atoms with Gasteiger partial charge in [-0.1, -0.05) is 35.9 Å². The molecular weight excluding hydrogens is 476 g/mol. The quantitative estimate of drug-likeness (QED) is 0.404. The Morgan fingerprint density at radius 3 is 2.26 bits per heavy atom. The van der Waals surface area contributed by atoms with Crippen LogP contribution in [0.25, 0.3) is 11.1 Å². The lowest BCUT2D eigenvalue weighted by Crippen LogP contribution is -2.47. The van der Waals surface area contributed by atoms with E-state index < -0.39 is 21.6 Å². The minimum atomic E-state index is -3.89. The first-order valence-corrected chi connectivity index (χ1v) is 12.4. The molecule has 1 aliphatic carbocycles. The van der Waals surface area contributed by atoms with E-state index in [1.807, 2.05) is 0 Å². The third kappa shape index (κ3) is 5.22. The number of nitrogens with two attached hydrogens (primary N) is 1. The van der Waals surface area contributed by atoms with Crippen LogP contribution in [0.5, 0.6) is 0 Å². The van der Waals surface area contributed by atoms with Crippen molar-refractivity contribution < 1.29 is 18.0 Å². The van der Waals surface area contributed by atoms with Crippen molar-refractivity contribution in [3.8, 4) is 11.1 Å². The molecule has 176 valence electrons. The summed E-state index contributed by atoms with van der Waals surface area (Å²) in [5.74, 6) is -0.320. The van der Waals surface area contributed by atoms with Crippen molar-refractivity contribution in [1.82, 2.24) is 5.32 Å². The molecule has 1 aliphatic rings. The van der Waals surface area contributed by atoms with E-state index >= 15 is 0 Å². The van der Waals surface area contributed by atoms with E-state index in [0.717, 1.165) is 5.56 Å². The van der Waals surface area contributed by atoms with Crippen molar-refractivity contribution >= 4 is 44.9 Å². The van der Waals surface area contributed by atoms with Gasteiger partial charge in [-0.25, -0.2) is 18.4 Å². The molecule has 0 bridgehead atoms. The first-order valence-electron chi connectivity index (χ1n) is 10.5. The number of carbonyl (C=O) groups is 2. The largest absolute Gasteiger partial charge is 0.324 e. The smallest absolute Gasteiger partial charge is 0.320 e. The second-order valence-corrected chi connectivity index (χ2v) is 10.2. The number of carbonyl (C=O) groups excluding carboxylic acids is 2. The summed E-state index contributed by atoms with van der Waals surface area (Å²) in [7, 11) is -3.89. The summed E-state index contributed by atoms with van der Waals surface area (Å²) in [6, 6.07) is 17.8. The molecule has 3 aromatic carbocycles. The van der Waals surface area contributed by atoms with Crippen LogP contribution < -0.4 is 21.1 Å². The molecule has 34 heavy (non-hydrogen) atoms. The van der Waals surface area contributed by atoms with E-state index in [0.29, 0.717) is 40.4 Å². The number of benzene rings is 3. The summed E-state index contributed by atoms with van der Waals surface area (Å²) in [4.78, 5) is 25.4. The number of anilines is 2. The third-order valence-electron chi connectivity index (χ3n) is 5.62. The lowest BCUT2D eigenvalue weighted by atomic mass is 10.0. The van der Waals surface area contributed by atoms with Crippen LogP contribution in [0.3, 0.4) is 0 Å². The van der Waals surface area contributed by atoms with Crippen molar-refractivity contribution in [2.24, 2.45) is 5.14 Å². The summed E-state index contributed by atoms with van der Waals surface area (Å²) in [6.45, 7) is 1.80. The zero-order valence-electron chi connectivity index (χ0n) is 18.3. The van der Waals surface area contributed by atoms with Gasteiger partial charge in [0.25, 0.3) is 0 Å². The van der Waals surface area contributed by atoms with Crippen molar-refractivity contribution in [1.29, 1.82) is 0 Å². The van der Waals surface area contributed by atoms with Crippen LogP contribution in [0.4, 0.5) is 16.2 Å². The highest BCUT2D eigenvalue weighted by molar-refractivity contribution is 7.89. The van der Waals surface area contributed by atoms with E-state index in [9.17, 15) is 18.0 Å². The third-order valence-corrected chi connectivity index (χ3v) is 6.84. The molecule has 3 aromatic rings. The Balaban J connectivity index is 1.46. The molecule has 0 aromatic heterocycles. The number of amides is 3. The standard InChI is InChI=1S/C24H23ClN4O4S/c1-15-14-16(19-4-2-3-5-21(19)34(26,32)33)6-11-20(15)28-22(30)24(12-13-24)29-23(31)27-18-9-7-17(25)8-10-18/h2-11,14H,12-13H2,1H3,(H,28,30)(H2,26,32,33)(H2,27,29,31). The zero-order chi connectivity index (χ0) is 24.5. The number of hydrogen-bond acceptors (Lipinski definition) is 4. The Labute approximate surface area is 202 Å². The molecule has 8 nitrogen and oxygen atoms in total. The van der Waals surface area contributed by atoms with Crippen molar-refractivity contribution in [2.75, 3.05) is 10.6 Å². The summed E-state index contributed by atoms with van der Waals surface area (Å²) < 4.78 is 23.9.